The molecule has 0 spiro atoms. The zero-order valence-corrected chi connectivity index (χ0v) is 9.71. The smallest absolute Gasteiger partial charge is 0.0192 e. The Morgan fingerprint density at radius 2 is 2.07 bits per heavy atom. The van der Waals surface area contributed by atoms with Gasteiger partial charge in [-0.25, -0.2) is 0 Å². The third kappa shape index (κ3) is 2.10. The fraction of sp³-hybridized carbons (Fsp3) is 1.00. The van der Waals surface area contributed by atoms with Crippen LogP contribution in [0.15, 0.2) is 0 Å². The average Bonchev–Trinajstić information content (AvgIpc) is 2.09. The van der Waals surface area contributed by atoms with Gasteiger partial charge in [-0.05, 0) is 14.0 Å². The number of nitrogens with one attached hydrogen (secondary N) is 1. The maximum atomic E-state index is 3.37. The molecular weight excluding hydrogens is 174 g/mol. The Morgan fingerprint density at radius 1 is 1.36 bits per heavy atom. The number of piperazine rings is 1. The van der Waals surface area contributed by atoms with E-state index in [0.29, 0.717) is 5.41 Å². The molecule has 0 aliphatic carbocycles. The lowest BCUT2D eigenvalue weighted by Gasteiger charge is -2.46. The van der Waals surface area contributed by atoms with Crippen molar-refractivity contribution in [3.05, 3.63) is 0 Å². The monoisotopic (exact) mass is 197 g/mol. The van der Waals surface area contributed by atoms with Gasteiger partial charge >= 0.3 is 0 Å². The van der Waals surface area contributed by atoms with Gasteiger partial charge in [-0.15, -0.1) is 0 Å². The summed E-state index contributed by atoms with van der Waals surface area (Å²) in [6.07, 6.45) is 0. The lowest BCUT2D eigenvalue weighted by molar-refractivity contribution is 0.0490. The quantitative estimate of drug-likeness (QED) is 0.684. The average molecular weight is 197 g/mol. The summed E-state index contributed by atoms with van der Waals surface area (Å²) in [7, 11) is 2.23. The Morgan fingerprint density at radius 3 is 2.57 bits per heavy atom. The van der Waals surface area contributed by atoms with Crippen molar-refractivity contribution in [3.63, 3.8) is 0 Å². The van der Waals surface area contributed by atoms with Gasteiger partial charge in [0, 0.05) is 50.7 Å². The molecule has 2 aliphatic heterocycles. The summed E-state index contributed by atoms with van der Waals surface area (Å²) in [5.74, 6) is 0. The highest BCUT2D eigenvalue weighted by Gasteiger charge is 2.34. The molecule has 2 aliphatic rings. The summed E-state index contributed by atoms with van der Waals surface area (Å²) in [6, 6.07) is 0.723. The number of likely N-dealkylation sites (N-methyl/N-ethyl adjacent to an activating group) is 1. The summed E-state index contributed by atoms with van der Waals surface area (Å²) in [6.45, 7) is 12.1. The molecular formula is C11H23N3. The third-order valence-corrected chi connectivity index (χ3v) is 3.75. The van der Waals surface area contributed by atoms with E-state index < -0.39 is 0 Å². The minimum absolute atomic E-state index is 0.551. The van der Waals surface area contributed by atoms with Crippen LogP contribution in [0.5, 0.6) is 0 Å². The summed E-state index contributed by atoms with van der Waals surface area (Å²) in [4.78, 5) is 5.09. The molecule has 2 fully saturated rings. The molecule has 0 radical (unpaired) electrons. The van der Waals surface area contributed by atoms with E-state index in [2.05, 4.69) is 36.0 Å². The molecule has 2 saturated heterocycles. The first-order valence-electron chi connectivity index (χ1n) is 5.72. The van der Waals surface area contributed by atoms with Gasteiger partial charge in [0.15, 0.2) is 0 Å². The Kier molecular flexibility index (Phi) is 2.82. The van der Waals surface area contributed by atoms with Crippen LogP contribution in [-0.2, 0) is 0 Å². The predicted octanol–water partition coefficient (Wildman–Crippen LogP) is 0.232. The molecule has 0 aromatic carbocycles. The number of rotatable bonds is 2. The van der Waals surface area contributed by atoms with E-state index in [0.717, 1.165) is 6.04 Å². The van der Waals surface area contributed by atoms with Crippen molar-refractivity contribution >= 4 is 0 Å². The Bertz CT molecular complexity index is 201. The van der Waals surface area contributed by atoms with Gasteiger partial charge < -0.3 is 10.2 Å². The van der Waals surface area contributed by atoms with Crippen LogP contribution in [0.1, 0.15) is 13.8 Å². The largest absolute Gasteiger partial charge is 0.315 e. The molecule has 1 N–H and O–H groups in total. The second-order valence-electron chi connectivity index (χ2n) is 5.48. The van der Waals surface area contributed by atoms with Crippen molar-refractivity contribution in [1.82, 2.24) is 15.1 Å². The molecule has 0 saturated carbocycles. The van der Waals surface area contributed by atoms with Gasteiger partial charge in [0.2, 0.25) is 0 Å². The first-order chi connectivity index (χ1) is 6.59. The van der Waals surface area contributed by atoms with Crippen LogP contribution in [0.3, 0.4) is 0 Å². The maximum absolute atomic E-state index is 3.37. The van der Waals surface area contributed by atoms with Gasteiger partial charge in [0.1, 0.15) is 0 Å². The molecule has 2 rings (SSSR count). The van der Waals surface area contributed by atoms with Crippen LogP contribution in [0.4, 0.5) is 0 Å². The van der Waals surface area contributed by atoms with Crippen LogP contribution >= 0.6 is 0 Å². The summed E-state index contributed by atoms with van der Waals surface area (Å²) >= 11 is 0. The number of hydrogen-bond donors (Lipinski definition) is 1. The van der Waals surface area contributed by atoms with Crippen molar-refractivity contribution in [1.29, 1.82) is 0 Å². The number of nitrogens with zero attached hydrogens (tertiary/aromatic N) is 2. The van der Waals surface area contributed by atoms with E-state index in [9.17, 15) is 0 Å². The molecule has 2 heterocycles. The maximum Gasteiger partial charge on any atom is 0.0192 e. The SMILES string of the molecule is CC1CN(CC2(C)CNC2)CCN1C. The van der Waals surface area contributed by atoms with Gasteiger partial charge in [0.05, 0.1) is 0 Å². The van der Waals surface area contributed by atoms with Crippen molar-refractivity contribution in [2.24, 2.45) is 5.41 Å². The Balaban J connectivity index is 1.81. The first kappa shape index (κ1) is 10.4. The van der Waals surface area contributed by atoms with Crippen molar-refractivity contribution in [2.75, 3.05) is 46.3 Å². The molecule has 14 heavy (non-hydrogen) atoms. The van der Waals surface area contributed by atoms with Gasteiger partial charge in [0.25, 0.3) is 0 Å². The number of hydrogen-bond acceptors (Lipinski definition) is 3. The molecule has 0 aromatic heterocycles. The fourth-order valence-corrected chi connectivity index (χ4v) is 2.47. The Labute approximate surface area is 87.4 Å². The molecule has 0 bridgehead atoms. The summed E-state index contributed by atoms with van der Waals surface area (Å²) in [5.41, 5.74) is 0.551. The van der Waals surface area contributed by atoms with E-state index >= 15 is 0 Å². The Hall–Kier alpha value is -0.120. The second-order valence-corrected chi connectivity index (χ2v) is 5.48. The highest BCUT2D eigenvalue weighted by atomic mass is 15.3. The van der Waals surface area contributed by atoms with E-state index in [1.807, 2.05) is 0 Å². The van der Waals surface area contributed by atoms with Crippen molar-refractivity contribution in [3.8, 4) is 0 Å². The van der Waals surface area contributed by atoms with E-state index in [1.165, 1.54) is 39.3 Å². The van der Waals surface area contributed by atoms with Gasteiger partial charge in [-0.3, -0.25) is 4.90 Å². The second kappa shape index (κ2) is 3.80. The predicted molar refractivity (Wildman–Crippen MR) is 59.5 cm³/mol. The minimum Gasteiger partial charge on any atom is -0.315 e. The van der Waals surface area contributed by atoms with Crippen LogP contribution in [0.2, 0.25) is 0 Å². The molecule has 0 amide bonds. The molecule has 1 unspecified atom stereocenters. The zero-order chi connectivity index (χ0) is 10.2. The first-order valence-corrected chi connectivity index (χ1v) is 5.72. The normalized spacial score (nSPS) is 34.1. The van der Waals surface area contributed by atoms with Gasteiger partial charge in [-0.1, -0.05) is 6.92 Å². The summed E-state index contributed by atoms with van der Waals surface area (Å²) in [5, 5.41) is 3.37. The standard InChI is InChI=1S/C11H23N3/c1-10-6-14(5-4-13(10)3)9-11(2)7-12-8-11/h10,12H,4-9H2,1-3H3. The van der Waals surface area contributed by atoms with E-state index in [4.69, 9.17) is 0 Å². The minimum atomic E-state index is 0.551. The zero-order valence-electron chi connectivity index (χ0n) is 9.71. The fourth-order valence-electron chi connectivity index (χ4n) is 2.47. The highest BCUT2D eigenvalue weighted by Crippen LogP contribution is 2.23. The molecule has 3 heteroatoms. The van der Waals surface area contributed by atoms with E-state index in [-0.39, 0.29) is 0 Å². The van der Waals surface area contributed by atoms with Crippen molar-refractivity contribution in [2.45, 2.75) is 19.9 Å². The van der Waals surface area contributed by atoms with Crippen LogP contribution in [0, 0.1) is 5.41 Å². The van der Waals surface area contributed by atoms with Crippen LogP contribution < -0.4 is 5.32 Å². The molecule has 1 atom stereocenters. The topological polar surface area (TPSA) is 18.5 Å². The third-order valence-electron chi connectivity index (χ3n) is 3.75. The molecule has 0 aromatic rings. The molecule has 82 valence electrons. The van der Waals surface area contributed by atoms with Crippen molar-refractivity contribution < 1.29 is 0 Å². The van der Waals surface area contributed by atoms with Crippen LogP contribution in [-0.4, -0.2) is 62.2 Å². The highest BCUT2D eigenvalue weighted by molar-refractivity contribution is 4.92. The lowest BCUT2D eigenvalue weighted by Crippen LogP contribution is -2.60. The summed E-state index contributed by atoms with van der Waals surface area (Å²) < 4.78 is 0. The molecule has 3 nitrogen and oxygen atoms in total. The van der Waals surface area contributed by atoms with Gasteiger partial charge in [-0.2, -0.15) is 0 Å². The van der Waals surface area contributed by atoms with E-state index in [1.54, 1.807) is 0 Å². The lowest BCUT2D eigenvalue weighted by atomic mass is 9.83. The van der Waals surface area contributed by atoms with Crippen LogP contribution in [0.25, 0.3) is 0 Å².